The van der Waals surface area contributed by atoms with Gasteiger partial charge in [-0.3, -0.25) is 0 Å². The minimum absolute atomic E-state index is 0.00476. The predicted octanol–water partition coefficient (Wildman–Crippen LogP) is 4.69. The van der Waals surface area contributed by atoms with E-state index < -0.39 is 0 Å². The number of nitrogens with zero attached hydrogens (tertiary/aromatic N) is 1. The maximum atomic E-state index is 6.03. The van der Waals surface area contributed by atoms with Crippen molar-refractivity contribution in [2.75, 3.05) is 26.2 Å². The van der Waals surface area contributed by atoms with Gasteiger partial charge in [0.1, 0.15) is 12.4 Å². The molecule has 2 aromatic rings. The van der Waals surface area contributed by atoms with Crippen LogP contribution in [-0.4, -0.2) is 31.1 Å². The van der Waals surface area contributed by atoms with Gasteiger partial charge in [-0.05, 0) is 31.6 Å². The van der Waals surface area contributed by atoms with Gasteiger partial charge in [0.15, 0.2) is 0 Å². The number of benzene rings is 2. The molecule has 1 atom stereocenters. The van der Waals surface area contributed by atoms with Crippen molar-refractivity contribution in [2.45, 2.75) is 33.5 Å². The first-order valence-corrected chi connectivity index (χ1v) is 8.84. The fraction of sp³-hybridized carbons (Fsp3) is 0.429. The van der Waals surface area contributed by atoms with Crippen LogP contribution in [0.4, 0.5) is 0 Å². The van der Waals surface area contributed by atoms with E-state index in [4.69, 9.17) is 9.47 Å². The lowest BCUT2D eigenvalue weighted by Crippen LogP contribution is -2.28. The number of hydrogen-bond donors (Lipinski definition) is 0. The molecule has 0 heterocycles. The zero-order valence-electron chi connectivity index (χ0n) is 15.1. The van der Waals surface area contributed by atoms with Gasteiger partial charge >= 0.3 is 0 Å². The molecule has 130 valence electrons. The van der Waals surface area contributed by atoms with Crippen molar-refractivity contribution in [3.05, 3.63) is 65.7 Å². The van der Waals surface area contributed by atoms with Crippen molar-refractivity contribution in [1.29, 1.82) is 0 Å². The van der Waals surface area contributed by atoms with Gasteiger partial charge in [-0.2, -0.15) is 0 Å². The molecule has 2 rings (SSSR count). The van der Waals surface area contributed by atoms with Crippen molar-refractivity contribution in [3.63, 3.8) is 0 Å². The zero-order chi connectivity index (χ0) is 17.2. The molecule has 0 aliphatic carbocycles. The van der Waals surface area contributed by atoms with Gasteiger partial charge in [-0.15, -0.1) is 0 Å². The van der Waals surface area contributed by atoms with Crippen molar-refractivity contribution >= 4 is 0 Å². The fourth-order valence-corrected chi connectivity index (χ4v) is 2.66. The Balaban J connectivity index is 1.92. The van der Waals surface area contributed by atoms with Crippen molar-refractivity contribution in [2.24, 2.45) is 0 Å². The van der Waals surface area contributed by atoms with Crippen LogP contribution in [0.1, 0.15) is 38.0 Å². The third-order valence-electron chi connectivity index (χ3n) is 4.26. The summed E-state index contributed by atoms with van der Waals surface area (Å²) in [5, 5.41) is 0. The van der Waals surface area contributed by atoms with E-state index in [1.165, 1.54) is 5.56 Å². The second-order valence-electron chi connectivity index (χ2n) is 5.85. The van der Waals surface area contributed by atoms with Crippen LogP contribution in [0.25, 0.3) is 0 Å². The molecule has 0 spiro atoms. The topological polar surface area (TPSA) is 21.7 Å². The fourth-order valence-electron chi connectivity index (χ4n) is 2.66. The van der Waals surface area contributed by atoms with E-state index >= 15 is 0 Å². The predicted molar refractivity (Wildman–Crippen MR) is 99.4 cm³/mol. The van der Waals surface area contributed by atoms with E-state index in [0.717, 1.165) is 30.9 Å². The number of ether oxygens (including phenoxy) is 2. The molecule has 0 fully saturated rings. The first kappa shape index (κ1) is 18.5. The Labute approximate surface area is 146 Å². The molecule has 3 nitrogen and oxygen atoms in total. The molecule has 0 aromatic heterocycles. The molecule has 0 N–H and O–H groups in total. The highest BCUT2D eigenvalue weighted by Crippen LogP contribution is 2.28. The SMILES string of the molecule is CCN(CC)CCOc1ccccc1C(C)OCc1ccccc1. The average molecular weight is 327 g/mol. The molecular formula is C21H29NO2. The number of rotatable bonds is 10. The summed E-state index contributed by atoms with van der Waals surface area (Å²) in [7, 11) is 0. The lowest BCUT2D eigenvalue weighted by Gasteiger charge is -2.21. The van der Waals surface area contributed by atoms with Crippen molar-refractivity contribution < 1.29 is 9.47 Å². The number of hydrogen-bond acceptors (Lipinski definition) is 3. The van der Waals surface area contributed by atoms with Crippen LogP contribution >= 0.6 is 0 Å². The Morgan fingerprint density at radius 3 is 2.29 bits per heavy atom. The van der Waals surface area contributed by atoms with Crippen LogP contribution in [0.3, 0.4) is 0 Å². The summed E-state index contributed by atoms with van der Waals surface area (Å²) >= 11 is 0. The van der Waals surface area contributed by atoms with Crippen LogP contribution in [-0.2, 0) is 11.3 Å². The van der Waals surface area contributed by atoms with Crippen molar-refractivity contribution in [3.8, 4) is 5.75 Å². The highest BCUT2D eigenvalue weighted by Gasteiger charge is 2.12. The van der Waals surface area contributed by atoms with Crippen LogP contribution < -0.4 is 4.74 Å². The summed E-state index contributed by atoms with van der Waals surface area (Å²) in [6, 6.07) is 18.4. The van der Waals surface area contributed by atoms with Gasteiger partial charge in [-0.25, -0.2) is 0 Å². The summed E-state index contributed by atoms with van der Waals surface area (Å²) in [4.78, 5) is 2.36. The normalized spacial score (nSPS) is 12.3. The maximum absolute atomic E-state index is 6.03. The standard InChI is InChI=1S/C21H29NO2/c1-4-22(5-2)15-16-23-21-14-10-9-13-20(21)18(3)24-17-19-11-7-6-8-12-19/h6-14,18H,4-5,15-17H2,1-3H3. The molecule has 2 aromatic carbocycles. The van der Waals surface area contributed by atoms with Gasteiger partial charge in [-0.1, -0.05) is 62.4 Å². The van der Waals surface area contributed by atoms with Crippen LogP contribution in [0, 0.1) is 0 Å². The van der Waals surface area contributed by atoms with Crippen LogP contribution in [0.15, 0.2) is 54.6 Å². The second kappa shape index (κ2) is 10.1. The first-order chi connectivity index (χ1) is 11.7. The summed E-state index contributed by atoms with van der Waals surface area (Å²) in [5.74, 6) is 0.921. The van der Waals surface area contributed by atoms with E-state index in [1.54, 1.807) is 0 Å². The van der Waals surface area contributed by atoms with E-state index in [-0.39, 0.29) is 6.10 Å². The van der Waals surface area contributed by atoms with E-state index in [0.29, 0.717) is 13.2 Å². The molecule has 3 heteroatoms. The van der Waals surface area contributed by atoms with E-state index in [1.807, 2.05) is 36.4 Å². The minimum atomic E-state index is -0.00476. The molecule has 0 radical (unpaired) electrons. The van der Waals surface area contributed by atoms with Gasteiger partial charge in [0, 0.05) is 12.1 Å². The van der Waals surface area contributed by atoms with Crippen LogP contribution in [0.5, 0.6) is 5.75 Å². The Hall–Kier alpha value is -1.84. The second-order valence-corrected chi connectivity index (χ2v) is 5.85. The van der Waals surface area contributed by atoms with Gasteiger partial charge in [0.2, 0.25) is 0 Å². The Kier molecular flexibility index (Phi) is 7.80. The molecule has 0 aliphatic heterocycles. The molecule has 1 unspecified atom stereocenters. The smallest absolute Gasteiger partial charge is 0.125 e. The first-order valence-electron chi connectivity index (χ1n) is 8.84. The molecule has 24 heavy (non-hydrogen) atoms. The highest BCUT2D eigenvalue weighted by atomic mass is 16.5. The Morgan fingerprint density at radius 1 is 0.917 bits per heavy atom. The zero-order valence-corrected chi connectivity index (χ0v) is 15.1. The molecule has 0 saturated carbocycles. The highest BCUT2D eigenvalue weighted by molar-refractivity contribution is 5.35. The summed E-state index contributed by atoms with van der Waals surface area (Å²) in [5.41, 5.74) is 2.29. The molecule has 0 bridgehead atoms. The lowest BCUT2D eigenvalue weighted by molar-refractivity contribution is 0.0503. The average Bonchev–Trinajstić information content (AvgIpc) is 2.64. The third kappa shape index (κ3) is 5.66. The molecular weight excluding hydrogens is 298 g/mol. The largest absolute Gasteiger partial charge is 0.492 e. The third-order valence-corrected chi connectivity index (χ3v) is 4.26. The number of likely N-dealkylation sites (N-methyl/N-ethyl adjacent to an activating group) is 1. The Bertz CT molecular complexity index is 581. The van der Waals surface area contributed by atoms with E-state index in [9.17, 15) is 0 Å². The lowest BCUT2D eigenvalue weighted by atomic mass is 10.1. The maximum Gasteiger partial charge on any atom is 0.125 e. The molecule has 0 aliphatic rings. The van der Waals surface area contributed by atoms with Crippen LogP contribution in [0.2, 0.25) is 0 Å². The summed E-state index contributed by atoms with van der Waals surface area (Å²) in [6.45, 7) is 10.8. The molecule has 0 saturated heterocycles. The van der Waals surface area contributed by atoms with Gasteiger partial charge < -0.3 is 14.4 Å². The number of para-hydroxylation sites is 1. The summed E-state index contributed by atoms with van der Waals surface area (Å²) < 4.78 is 12.1. The quantitative estimate of drug-likeness (QED) is 0.632. The van der Waals surface area contributed by atoms with E-state index in [2.05, 4.69) is 43.9 Å². The van der Waals surface area contributed by atoms with Gasteiger partial charge in [0.25, 0.3) is 0 Å². The Morgan fingerprint density at radius 2 is 1.58 bits per heavy atom. The minimum Gasteiger partial charge on any atom is -0.492 e. The molecule has 0 amide bonds. The van der Waals surface area contributed by atoms with Gasteiger partial charge in [0.05, 0.1) is 12.7 Å². The monoisotopic (exact) mass is 327 g/mol. The summed E-state index contributed by atoms with van der Waals surface area (Å²) in [6.07, 6.45) is -0.00476. The van der Waals surface area contributed by atoms with Crippen molar-refractivity contribution in [1.82, 2.24) is 4.90 Å².